The minimum absolute atomic E-state index is 0.610. The number of nitrogen functional groups attached to an aromatic ring is 1. The summed E-state index contributed by atoms with van der Waals surface area (Å²) in [5, 5.41) is 9.01. The molecule has 0 bridgehead atoms. The number of nitrogens with two attached hydrogens (primary N) is 1. The highest BCUT2D eigenvalue weighted by atomic mass is 32.1. The molecule has 3 heteroatoms. The molecule has 17 heavy (non-hydrogen) atoms. The van der Waals surface area contributed by atoms with Gasteiger partial charge in [0.2, 0.25) is 0 Å². The molecule has 1 aromatic heterocycles. The fraction of sp³-hybridized carbons (Fsp3) is 0.214. The molecule has 0 amide bonds. The molecule has 1 heterocycles. The Labute approximate surface area is 105 Å². The topological polar surface area (TPSA) is 49.8 Å². The lowest BCUT2D eigenvalue weighted by Crippen LogP contribution is -1.88. The maximum Gasteiger partial charge on any atom is 0.128 e. The van der Waals surface area contributed by atoms with Crippen LogP contribution < -0.4 is 5.73 Å². The molecule has 0 saturated heterocycles. The van der Waals surface area contributed by atoms with Gasteiger partial charge in [0.25, 0.3) is 0 Å². The van der Waals surface area contributed by atoms with E-state index in [4.69, 9.17) is 11.0 Å². The number of hydrogen-bond donors (Lipinski definition) is 1. The third-order valence-corrected chi connectivity index (χ3v) is 4.18. The zero-order valence-electron chi connectivity index (χ0n) is 10.2. The van der Waals surface area contributed by atoms with E-state index in [0.29, 0.717) is 10.6 Å². The van der Waals surface area contributed by atoms with Crippen molar-refractivity contribution in [1.29, 1.82) is 5.26 Å². The molecule has 2 nitrogen and oxygen atoms in total. The number of anilines is 1. The molecule has 0 aliphatic heterocycles. The van der Waals surface area contributed by atoms with Gasteiger partial charge >= 0.3 is 0 Å². The SMILES string of the molecule is Cc1ccc(C)c(-c2sc(C#N)c(N)c2C)c1. The van der Waals surface area contributed by atoms with Crippen molar-refractivity contribution in [2.45, 2.75) is 20.8 Å². The summed E-state index contributed by atoms with van der Waals surface area (Å²) in [5.41, 5.74) is 11.2. The summed E-state index contributed by atoms with van der Waals surface area (Å²) in [6, 6.07) is 8.50. The summed E-state index contributed by atoms with van der Waals surface area (Å²) in [6.07, 6.45) is 0. The molecule has 2 N–H and O–H groups in total. The molecule has 0 radical (unpaired) electrons. The van der Waals surface area contributed by atoms with Gasteiger partial charge in [0.1, 0.15) is 10.9 Å². The standard InChI is InChI=1S/C14H14N2S/c1-8-4-5-9(2)11(6-8)14-10(3)13(16)12(7-15)17-14/h4-6H,16H2,1-3H3. The summed E-state index contributed by atoms with van der Waals surface area (Å²) in [7, 11) is 0. The van der Waals surface area contributed by atoms with Crippen LogP contribution >= 0.6 is 11.3 Å². The second kappa shape index (κ2) is 4.23. The Balaban J connectivity index is 2.69. The van der Waals surface area contributed by atoms with E-state index in [1.165, 1.54) is 28.0 Å². The van der Waals surface area contributed by atoms with Crippen LogP contribution in [0.5, 0.6) is 0 Å². The Morgan fingerprint density at radius 3 is 2.53 bits per heavy atom. The number of thiophene rings is 1. The quantitative estimate of drug-likeness (QED) is 0.827. The van der Waals surface area contributed by atoms with Crippen molar-refractivity contribution in [3.8, 4) is 16.5 Å². The molecule has 0 atom stereocenters. The maximum atomic E-state index is 9.01. The Kier molecular flexibility index (Phi) is 2.91. The summed E-state index contributed by atoms with van der Waals surface area (Å²) in [4.78, 5) is 1.72. The van der Waals surface area contributed by atoms with Crippen molar-refractivity contribution in [3.63, 3.8) is 0 Å². The number of nitrogens with zero attached hydrogens (tertiary/aromatic N) is 1. The number of nitriles is 1. The first kappa shape index (κ1) is 11.7. The monoisotopic (exact) mass is 242 g/mol. The zero-order chi connectivity index (χ0) is 12.6. The second-order valence-electron chi connectivity index (χ2n) is 4.23. The predicted molar refractivity (Wildman–Crippen MR) is 73.1 cm³/mol. The molecular formula is C14H14N2S. The first-order valence-electron chi connectivity index (χ1n) is 5.41. The van der Waals surface area contributed by atoms with Gasteiger partial charge in [-0.1, -0.05) is 23.8 Å². The molecule has 1 aromatic carbocycles. The third kappa shape index (κ3) is 1.92. The van der Waals surface area contributed by atoms with Crippen molar-refractivity contribution in [1.82, 2.24) is 0 Å². The van der Waals surface area contributed by atoms with E-state index in [1.807, 2.05) is 6.92 Å². The highest BCUT2D eigenvalue weighted by molar-refractivity contribution is 7.16. The Hall–Kier alpha value is -1.79. The number of benzene rings is 1. The first-order chi connectivity index (χ1) is 8.04. The lowest BCUT2D eigenvalue weighted by Gasteiger charge is -2.06. The van der Waals surface area contributed by atoms with Gasteiger partial charge in [-0.2, -0.15) is 5.26 Å². The average molecular weight is 242 g/mol. The van der Waals surface area contributed by atoms with Gasteiger partial charge in [0.15, 0.2) is 0 Å². The van der Waals surface area contributed by atoms with Crippen LogP contribution in [0.3, 0.4) is 0 Å². The van der Waals surface area contributed by atoms with E-state index in [0.717, 1.165) is 10.4 Å². The predicted octanol–water partition coefficient (Wildman–Crippen LogP) is 3.79. The molecular weight excluding hydrogens is 228 g/mol. The van der Waals surface area contributed by atoms with Crippen LogP contribution in [0.2, 0.25) is 0 Å². The van der Waals surface area contributed by atoms with Gasteiger partial charge in [-0.3, -0.25) is 0 Å². The van der Waals surface area contributed by atoms with Gasteiger partial charge in [-0.25, -0.2) is 0 Å². The molecule has 86 valence electrons. The highest BCUT2D eigenvalue weighted by Gasteiger charge is 2.15. The molecule has 2 aromatic rings. The Morgan fingerprint density at radius 1 is 1.24 bits per heavy atom. The molecule has 0 saturated carbocycles. The molecule has 0 fully saturated rings. The van der Waals surface area contributed by atoms with Crippen LogP contribution in [0.4, 0.5) is 5.69 Å². The van der Waals surface area contributed by atoms with Gasteiger partial charge in [-0.05, 0) is 37.5 Å². The smallest absolute Gasteiger partial charge is 0.128 e. The van der Waals surface area contributed by atoms with Crippen molar-refractivity contribution < 1.29 is 0 Å². The molecule has 0 spiro atoms. The van der Waals surface area contributed by atoms with Gasteiger partial charge < -0.3 is 5.73 Å². The van der Waals surface area contributed by atoms with E-state index in [9.17, 15) is 0 Å². The summed E-state index contributed by atoms with van der Waals surface area (Å²) < 4.78 is 0. The lowest BCUT2D eigenvalue weighted by molar-refractivity contribution is 1.39. The van der Waals surface area contributed by atoms with E-state index < -0.39 is 0 Å². The molecule has 2 rings (SSSR count). The Bertz CT molecular complexity index is 618. The first-order valence-corrected chi connectivity index (χ1v) is 6.23. The fourth-order valence-electron chi connectivity index (χ4n) is 1.85. The van der Waals surface area contributed by atoms with Crippen LogP contribution in [-0.4, -0.2) is 0 Å². The van der Waals surface area contributed by atoms with E-state index in [1.54, 1.807) is 0 Å². The van der Waals surface area contributed by atoms with E-state index in [-0.39, 0.29) is 0 Å². The number of aryl methyl sites for hydroxylation is 2. The number of rotatable bonds is 1. The van der Waals surface area contributed by atoms with Crippen molar-refractivity contribution in [3.05, 3.63) is 39.8 Å². The van der Waals surface area contributed by atoms with Gasteiger partial charge in [-0.15, -0.1) is 11.3 Å². The van der Waals surface area contributed by atoms with Gasteiger partial charge in [0.05, 0.1) is 5.69 Å². The minimum Gasteiger partial charge on any atom is -0.397 e. The zero-order valence-corrected chi connectivity index (χ0v) is 11.0. The van der Waals surface area contributed by atoms with Crippen molar-refractivity contribution in [2.75, 3.05) is 5.73 Å². The number of hydrogen-bond acceptors (Lipinski definition) is 3. The van der Waals surface area contributed by atoms with E-state index in [2.05, 4.69) is 38.1 Å². The van der Waals surface area contributed by atoms with Crippen LogP contribution in [0.1, 0.15) is 21.6 Å². The minimum atomic E-state index is 0.610. The van der Waals surface area contributed by atoms with Crippen LogP contribution in [-0.2, 0) is 0 Å². The third-order valence-electron chi connectivity index (χ3n) is 2.93. The second-order valence-corrected chi connectivity index (χ2v) is 5.25. The summed E-state index contributed by atoms with van der Waals surface area (Å²) in [6.45, 7) is 6.13. The summed E-state index contributed by atoms with van der Waals surface area (Å²) in [5.74, 6) is 0. The fourth-order valence-corrected chi connectivity index (χ4v) is 2.95. The van der Waals surface area contributed by atoms with Crippen LogP contribution in [0.15, 0.2) is 18.2 Å². The van der Waals surface area contributed by atoms with Crippen LogP contribution in [0, 0.1) is 32.1 Å². The maximum absolute atomic E-state index is 9.01. The highest BCUT2D eigenvalue weighted by Crippen LogP contribution is 2.39. The lowest BCUT2D eigenvalue weighted by atomic mass is 10.0. The van der Waals surface area contributed by atoms with E-state index >= 15 is 0 Å². The molecule has 0 aliphatic rings. The Morgan fingerprint density at radius 2 is 1.94 bits per heavy atom. The largest absolute Gasteiger partial charge is 0.397 e. The van der Waals surface area contributed by atoms with Crippen molar-refractivity contribution >= 4 is 17.0 Å². The van der Waals surface area contributed by atoms with Crippen molar-refractivity contribution in [2.24, 2.45) is 0 Å². The normalized spacial score (nSPS) is 10.2. The molecule has 0 unspecified atom stereocenters. The average Bonchev–Trinajstić information content (AvgIpc) is 2.59. The van der Waals surface area contributed by atoms with Gasteiger partial charge in [0, 0.05) is 4.88 Å². The van der Waals surface area contributed by atoms with Crippen LogP contribution in [0.25, 0.3) is 10.4 Å². The molecule has 0 aliphatic carbocycles. The summed E-state index contributed by atoms with van der Waals surface area (Å²) >= 11 is 1.48.